The zero-order chi connectivity index (χ0) is 14.9. The highest BCUT2D eigenvalue weighted by atomic mass is 35.5. The number of hydrogen-bond acceptors (Lipinski definition) is 4. The first-order valence-corrected chi connectivity index (χ1v) is 7.36. The Bertz CT molecular complexity index is 765. The first-order chi connectivity index (χ1) is 9.29. The van der Waals surface area contributed by atoms with Crippen molar-refractivity contribution in [3.05, 3.63) is 47.0 Å². The minimum absolute atomic E-state index is 0.0225. The molecule has 1 aromatic heterocycles. The van der Waals surface area contributed by atoms with Crippen LogP contribution in [-0.2, 0) is 10.0 Å². The fraction of sp³-hybridized carbons (Fsp3) is 0.0833. The van der Waals surface area contributed by atoms with Crippen LogP contribution < -0.4 is 10.5 Å². The van der Waals surface area contributed by atoms with E-state index in [0.29, 0.717) is 0 Å². The van der Waals surface area contributed by atoms with Crippen molar-refractivity contribution >= 4 is 33.0 Å². The number of benzene rings is 1. The summed E-state index contributed by atoms with van der Waals surface area (Å²) in [5.74, 6) is -0.681. The minimum Gasteiger partial charge on any atom is -0.396 e. The summed E-state index contributed by atoms with van der Waals surface area (Å²) in [7, 11) is -3.91. The first kappa shape index (κ1) is 14.5. The Morgan fingerprint density at radius 1 is 1.35 bits per heavy atom. The van der Waals surface area contributed by atoms with Gasteiger partial charge in [0.25, 0.3) is 10.0 Å². The molecule has 0 spiro atoms. The number of sulfonamides is 1. The third-order valence-electron chi connectivity index (χ3n) is 2.50. The molecule has 106 valence electrons. The van der Waals surface area contributed by atoms with Gasteiger partial charge in [-0.3, -0.25) is 4.72 Å². The quantitative estimate of drug-likeness (QED) is 0.673. The van der Waals surface area contributed by atoms with Crippen LogP contribution in [0.15, 0.2) is 35.4 Å². The number of aryl methyl sites for hydroxylation is 1. The SMILES string of the molecule is Cc1cnc(Cl)c(NS(=O)(=O)c2ccc(F)c(N)c2)c1. The average Bonchev–Trinajstić information content (AvgIpc) is 2.36. The Labute approximate surface area is 120 Å². The smallest absolute Gasteiger partial charge is 0.262 e. The summed E-state index contributed by atoms with van der Waals surface area (Å²) in [4.78, 5) is 3.68. The van der Waals surface area contributed by atoms with Crippen molar-refractivity contribution in [1.29, 1.82) is 0 Å². The van der Waals surface area contributed by atoms with E-state index in [-0.39, 0.29) is 21.4 Å². The monoisotopic (exact) mass is 315 g/mol. The van der Waals surface area contributed by atoms with Crippen LogP contribution >= 0.6 is 11.6 Å². The molecule has 0 aliphatic rings. The number of nitrogens with zero attached hydrogens (tertiary/aromatic N) is 1. The molecule has 0 amide bonds. The molecule has 0 aliphatic carbocycles. The van der Waals surface area contributed by atoms with Gasteiger partial charge in [0.1, 0.15) is 5.82 Å². The Morgan fingerprint density at radius 2 is 2.05 bits per heavy atom. The second kappa shape index (κ2) is 5.26. The maximum Gasteiger partial charge on any atom is 0.262 e. The van der Waals surface area contributed by atoms with Gasteiger partial charge in [-0.05, 0) is 36.8 Å². The van der Waals surface area contributed by atoms with Gasteiger partial charge in [0.05, 0.1) is 16.3 Å². The van der Waals surface area contributed by atoms with E-state index in [0.717, 1.165) is 23.8 Å². The van der Waals surface area contributed by atoms with Crippen molar-refractivity contribution in [2.45, 2.75) is 11.8 Å². The van der Waals surface area contributed by atoms with Gasteiger partial charge in [-0.2, -0.15) is 0 Å². The van der Waals surface area contributed by atoms with Crippen molar-refractivity contribution in [2.24, 2.45) is 0 Å². The third-order valence-corrected chi connectivity index (χ3v) is 4.16. The van der Waals surface area contributed by atoms with Crippen molar-refractivity contribution in [3.8, 4) is 0 Å². The fourth-order valence-electron chi connectivity index (χ4n) is 1.52. The maximum absolute atomic E-state index is 13.1. The van der Waals surface area contributed by atoms with Gasteiger partial charge in [0.15, 0.2) is 5.15 Å². The number of nitrogens with two attached hydrogens (primary N) is 1. The molecule has 1 aromatic carbocycles. The molecule has 2 aromatic rings. The number of rotatable bonds is 3. The fourth-order valence-corrected chi connectivity index (χ4v) is 2.82. The van der Waals surface area contributed by atoms with Gasteiger partial charge in [-0.1, -0.05) is 11.6 Å². The van der Waals surface area contributed by atoms with E-state index in [9.17, 15) is 12.8 Å². The summed E-state index contributed by atoms with van der Waals surface area (Å²) in [5, 5.41) is 0.0225. The average molecular weight is 316 g/mol. The lowest BCUT2D eigenvalue weighted by molar-refractivity contribution is 0.600. The van der Waals surface area contributed by atoms with Crippen LogP contribution in [0.4, 0.5) is 15.8 Å². The van der Waals surface area contributed by atoms with E-state index < -0.39 is 15.8 Å². The predicted octanol–water partition coefficient (Wildman–Crippen LogP) is 2.57. The summed E-state index contributed by atoms with van der Waals surface area (Å²) in [6.07, 6.45) is 1.51. The highest BCUT2D eigenvalue weighted by molar-refractivity contribution is 7.92. The van der Waals surface area contributed by atoms with Crippen molar-refractivity contribution in [3.63, 3.8) is 0 Å². The molecule has 1 heterocycles. The highest BCUT2D eigenvalue weighted by Gasteiger charge is 2.17. The number of nitrogen functional groups attached to an aromatic ring is 1. The van der Waals surface area contributed by atoms with E-state index in [1.54, 1.807) is 13.0 Å². The van der Waals surface area contributed by atoms with Gasteiger partial charge in [0, 0.05) is 6.20 Å². The van der Waals surface area contributed by atoms with Crippen molar-refractivity contribution in [2.75, 3.05) is 10.5 Å². The molecular formula is C12H11ClFN3O2S. The second-order valence-electron chi connectivity index (χ2n) is 4.14. The van der Waals surface area contributed by atoms with Crippen LogP contribution in [0.5, 0.6) is 0 Å². The van der Waals surface area contributed by atoms with Crippen LogP contribution in [0.2, 0.25) is 5.15 Å². The summed E-state index contributed by atoms with van der Waals surface area (Å²) >= 11 is 5.82. The largest absolute Gasteiger partial charge is 0.396 e. The van der Waals surface area contributed by atoms with E-state index in [1.807, 2.05) is 0 Å². The number of nitrogens with one attached hydrogen (secondary N) is 1. The number of anilines is 2. The van der Waals surface area contributed by atoms with Gasteiger partial charge in [-0.15, -0.1) is 0 Å². The molecular weight excluding hydrogens is 305 g/mol. The lowest BCUT2D eigenvalue weighted by atomic mass is 10.3. The minimum atomic E-state index is -3.91. The van der Waals surface area contributed by atoms with E-state index in [4.69, 9.17) is 17.3 Å². The molecule has 5 nitrogen and oxygen atoms in total. The van der Waals surface area contributed by atoms with Crippen LogP contribution in [0, 0.1) is 12.7 Å². The van der Waals surface area contributed by atoms with Gasteiger partial charge < -0.3 is 5.73 Å². The Morgan fingerprint density at radius 3 is 2.70 bits per heavy atom. The third kappa shape index (κ3) is 3.00. The van der Waals surface area contributed by atoms with Crippen LogP contribution in [0.3, 0.4) is 0 Å². The van der Waals surface area contributed by atoms with E-state index in [1.165, 1.54) is 6.20 Å². The molecule has 0 atom stereocenters. The maximum atomic E-state index is 13.1. The normalized spacial score (nSPS) is 11.3. The lowest BCUT2D eigenvalue weighted by Crippen LogP contribution is -2.14. The summed E-state index contributed by atoms with van der Waals surface area (Å²) < 4.78 is 39.7. The Kier molecular flexibility index (Phi) is 3.82. The van der Waals surface area contributed by atoms with E-state index in [2.05, 4.69) is 9.71 Å². The summed E-state index contributed by atoms with van der Waals surface area (Å²) in [6.45, 7) is 1.75. The highest BCUT2D eigenvalue weighted by Crippen LogP contribution is 2.24. The van der Waals surface area contributed by atoms with Crippen LogP contribution in [0.25, 0.3) is 0 Å². The molecule has 0 fully saturated rings. The predicted molar refractivity (Wildman–Crippen MR) is 75.6 cm³/mol. The molecule has 8 heteroatoms. The molecule has 2 rings (SSSR count). The lowest BCUT2D eigenvalue weighted by Gasteiger charge is -2.10. The van der Waals surface area contributed by atoms with Crippen LogP contribution in [0.1, 0.15) is 5.56 Å². The number of aromatic nitrogens is 1. The second-order valence-corrected chi connectivity index (χ2v) is 6.18. The first-order valence-electron chi connectivity index (χ1n) is 5.49. The van der Waals surface area contributed by atoms with Gasteiger partial charge in [-0.25, -0.2) is 17.8 Å². The topological polar surface area (TPSA) is 85.1 Å². The molecule has 0 unspecified atom stereocenters. The number of hydrogen-bond donors (Lipinski definition) is 2. The number of pyridine rings is 1. The number of halogens is 2. The molecule has 0 saturated carbocycles. The van der Waals surface area contributed by atoms with Gasteiger partial charge in [0.2, 0.25) is 0 Å². The summed E-state index contributed by atoms with van der Waals surface area (Å²) in [6, 6.07) is 4.68. The molecule has 0 saturated heterocycles. The van der Waals surface area contributed by atoms with Crippen LogP contribution in [-0.4, -0.2) is 13.4 Å². The Hall–Kier alpha value is -1.86. The molecule has 0 bridgehead atoms. The standard InChI is InChI=1S/C12H11ClFN3O2S/c1-7-4-11(12(13)16-6-7)17-20(18,19)8-2-3-9(14)10(15)5-8/h2-6,17H,15H2,1H3. The van der Waals surface area contributed by atoms with Gasteiger partial charge >= 0.3 is 0 Å². The zero-order valence-electron chi connectivity index (χ0n) is 10.4. The molecule has 0 aliphatic heterocycles. The van der Waals surface area contributed by atoms with Crippen molar-refractivity contribution < 1.29 is 12.8 Å². The summed E-state index contributed by atoms with van der Waals surface area (Å²) in [5.41, 5.74) is 6.00. The Balaban J connectivity index is 2.40. The molecule has 20 heavy (non-hydrogen) atoms. The molecule has 0 radical (unpaired) electrons. The van der Waals surface area contributed by atoms with E-state index >= 15 is 0 Å². The molecule has 3 N–H and O–H groups in total. The zero-order valence-corrected chi connectivity index (χ0v) is 12.0. The van der Waals surface area contributed by atoms with Crippen molar-refractivity contribution in [1.82, 2.24) is 4.98 Å².